The van der Waals surface area contributed by atoms with Crippen LogP contribution < -0.4 is 0 Å². The summed E-state index contributed by atoms with van der Waals surface area (Å²) < 4.78 is 174. The average molecular weight is 887 g/mol. The second kappa shape index (κ2) is 35.5. The molecule has 0 amide bonds. The highest BCUT2D eigenvalue weighted by Crippen LogP contribution is 2.41. The zero-order valence-corrected chi connectivity index (χ0v) is 39.2. The molecule has 0 saturated heterocycles. The molecule has 58 heavy (non-hydrogen) atoms. The lowest BCUT2D eigenvalue weighted by atomic mass is 9.94. The van der Waals surface area contributed by atoms with Gasteiger partial charge in [0.25, 0.3) is 0 Å². The second-order valence-electron chi connectivity index (χ2n) is 17.7. The SMILES string of the molecule is CC(C)C(C)C.CCC(C)(C)C.CCC(C)(C)C.CCC(C)CC.CCCC(C(F)(F)F)C(F)(F)F.CCCCCCC(F)(F)F.C[C@@H](CCC(F)(F)F)C(F)(F)F. The normalized spacial score (nSPS) is 13.0. The van der Waals surface area contributed by atoms with Gasteiger partial charge in [-0.05, 0) is 47.8 Å². The fourth-order valence-corrected chi connectivity index (χ4v) is 2.39. The van der Waals surface area contributed by atoms with Crippen LogP contribution in [0.3, 0.4) is 0 Å². The van der Waals surface area contributed by atoms with Crippen LogP contribution in [0.15, 0.2) is 0 Å². The smallest absolute Gasteiger partial charge is 0.171 e. The largest absolute Gasteiger partial charge is 0.400 e. The molecule has 1 atom stereocenters. The molecule has 0 fully saturated rings. The van der Waals surface area contributed by atoms with Crippen molar-refractivity contribution >= 4 is 0 Å². The van der Waals surface area contributed by atoms with E-state index in [1.165, 1.54) is 32.6 Å². The van der Waals surface area contributed by atoms with Crippen LogP contribution in [0.5, 0.6) is 0 Å². The summed E-state index contributed by atoms with van der Waals surface area (Å²) in [5, 5.41) is 0. The molecule has 0 aliphatic carbocycles. The van der Waals surface area contributed by atoms with Gasteiger partial charge >= 0.3 is 30.9 Å². The number of alkyl halides is 15. The lowest BCUT2D eigenvalue weighted by molar-refractivity contribution is -0.285. The van der Waals surface area contributed by atoms with Crippen LogP contribution in [0.4, 0.5) is 65.9 Å². The first-order chi connectivity index (χ1) is 25.5. The zero-order valence-electron chi connectivity index (χ0n) is 39.2. The minimum Gasteiger partial charge on any atom is -0.171 e. The Hall–Kier alpha value is -1.05. The van der Waals surface area contributed by atoms with E-state index in [4.69, 9.17) is 0 Å². The fraction of sp³-hybridized carbons (Fsp3) is 1.00. The maximum atomic E-state index is 11.7. The van der Waals surface area contributed by atoms with Crippen molar-refractivity contribution < 1.29 is 65.9 Å². The van der Waals surface area contributed by atoms with Gasteiger partial charge in [0.2, 0.25) is 0 Å². The minimum absolute atomic E-state index is 0.135. The van der Waals surface area contributed by atoms with Crippen molar-refractivity contribution in [2.24, 2.45) is 40.4 Å². The molecule has 362 valence electrons. The Morgan fingerprint density at radius 1 is 0.379 bits per heavy atom. The third-order valence-corrected chi connectivity index (χ3v) is 8.95. The van der Waals surface area contributed by atoms with Gasteiger partial charge in [-0.2, -0.15) is 65.9 Å². The maximum Gasteiger partial charge on any atom is 0.400 e. The van der Waals surface area contributed by atoms with Gasteiger partial charge in [0.05, 0.1) is 5.92 Å². The maximum absolute atomic E-state index is 11.7. The standard InChI is InChI=1S/C7H13F3.2C6H8F6.4C6H14/c1-2-3-4-5-6-7(8,9)10;1-4(6(10,11)12)2-3-5(7,8)9;1-2-3-4(5(7,8)9)6(10,11)12;2*1-5-6(2,3)4;1-5(2)6(3)4;1-4-6(3)5-2/h2-6H2,1H3;2*4H,2-3H2,1H3;2*5H2,1-4H3;5-6H,1-4H3;6H,4-5H2,1-3H3/t;4-;;;;;/m.0...../s1. The molecule has 15 heteroatoms. The van der Waals surface area contributed by atoms with Crippen LogP contribution >= 0.6 is 0 Å². The number of rotatable bonds is 11. The van der Waals surface area contributed by atoms with E-state index in [-0.39, 0.29) is 12.8 Å². The predicted octanol–water partition coefficient (Wildman–Crippen LogP) is 20.2. The highest BCUT2D eigenvalue weighted by molar-refractivity contribution is 4.74. The third-order valence-electron chi connectivity index (χ3n) is 8.95. The Balaban J connectivity index is -0.000000107. The molecule has 0 N–H and O–H groups in total. The Morgan fingerprint density at radius 3 is 0.828 bits per heavy atom. The Bertz CT molecular complexity index is 797. The number of halogens is 15. The van der Waals surface area contributed by atoms with Gasteiger partial charge in [-0.1, -0.05) is 176 Å². The zero-order chi connectivity index (χ0) is 48.6. The summed E-state index contributed by atoms with van der Waals surface area (Å²) in [4.78, 5) is 0. The molecule has 0 aliphatic rings. The summed E-state index contributed by atoms with van der Waals surface area (Å²) in [5.41, 5.74) is 1.08. The van der Waals surface area contributed by atoms with Gasteiger partial charge in [-0.3, -0.25) is 0 Å². The van der Waals surface area contributed by atoms with Crippen LogP contribution in [0.25, 0.3) is 0 Å². The molecule has 0 rings (SSSR count). The van der Waals surface area contributed by atoms with E-state index in [9.17, 15) is 65.9 Å². The number of hydrogen-bond donors (Lipinski definition) is 0. The molecule has 0 aromatic rings. The van der Waals surface area contributed by atoms with Gasteiger partial charge in [0.1, 0.15) is 0 Å². The van der Waals surface area contributed by atoms with Crippen molar-refractivity contribution in [3.05, 3.63) is 0 Å². The number of unbranched alkanes of at least 4 members (excludes halogenated alkanes) is 3. The first-order valence-corrected chi connectivity index (χ1v) is 20.8. The summed E-state index contributed by atoms with van der Waals surface area (Å²) in [7, 11) is 0. The molecule has 0 unspecified atom stereocenters. The first-order valence-electron chi connectivity index (χ1n) is 20.8. The Morgan fingerprint density at radius 2 is 0.690 bits per heavy atom. The molecule has 0 radical (unpaired) electrons. The fourth-order valence-electron chi connectivity index (χ4n) is 2.39. The van der Waals surface area contributed by atoms with Crippen molar-refractivity contribution in [3.63, 3.8) is 0 Å². The predicted molar refractivity (Wildman–Crippen MR) is 215 cm³/mol. The van der Waals surface area contributed by atoms with E-state index in [2.05, 4.69) is 104 Å². The van der Waals surface area contributed by atoms with Crippen molar-refractivity contribution in [1.29, 1.82) is 0 Å². The third kappa shape index (κ3) is 72.6. The molecule has 0 heterocycles. The van der Waals surface area contributed by atoms with Crippen molar-refractivity contribution in [1.82, 2.24) is 0 Å². The van der Waals surface area contributed by atoms with Crippen LogP contribution in [0.2, 0.25) is 0 Å². The molecule has 0 nitrogen and oxygen atoms in total. The molecular weight excluding hydrogens is 801 g/mol. The summed E-state index contributed by atoms with van der Waals surface area (Å²) in [6.07, 6.45) is -19.2. The Labute approximate surface area is 345 Å². The van der Waals surface area contributed by atoms with Crippen molar-refractivity contribution in [2.75, 3.05) is 0 Å². The summed E-state index contributed by atoms with van der Waals surface area (Å²) in [5.74, 6) is -2.42. The van der Waals surface area contributed by atoms with Gasteiger partial charge in [-0.15, -0.1) is 0 Å². The van der Waals surface area contributed by atoms with Crippen LogP contribution in [-0.2, 0) is 0 Å². The quantitative estimate of drug-likeness (QED) is 0.143. The van der Waals surface area contributed by atoms with E-state index in [1.54, 1.807) is 0 Å². The highest BCUT2D eigenvalue weighted by atomic mass is 19.4. The summed E-state index contributed by atoms with van der Waals surface area (Å²) >= 11 is 0. The lowest BCUT2D eigenvalue weighted by Gasteiger charge is -2.21. The lowest BCUT2D eigenvalue weighted by Crippen LogP contribution is -2.36. The van der Waals surface area contributed by atoms with E-state index >= 15 is 0 Å². The van der Waals surface area contributed by atoms with E-state index in [0.29, 0.717) is 17.3 Å². The summed E-state index contributed by atoms with van der Waals surface area (Å²) in [6, 6.07) is 0. The summed E-state index contributed by atoms with van der Waals surface area (Å²) in [6.45, 7) is 37.6. The average Bonchev–Trinajstić information content (AvgIpc) is 3.02. The molecule has 0 aliphatic heterocycles. The van der Waals surface area contributed by atoms with E-state index in [0.717, 1.165) is 37.5 Å². The highest BCUT2D eigenvalue weighted by Gasteiger charge is 2.55. The van der Waals surface area contributed by atoms with Crippen molar-refractivity contribution in [2.45, 2.75) is 239 Å². The van der Waals surface area contributed by atoms with Crippen LogP contribution in [-0.4, -0.2) is 30.9 Å². The molecular formula is C43H85F15. The topological polar surface area (TPSA) is 0 Å². The van der Waals surface area contributed by atoms with Gasteiger partial charge < -0.3 is 0 Å². The minimum atomic E-state index is -5.17. The Kier molecular flexibility index (Phi) is 43.8. The van der Waals surface area contributed by atoms with Crippen LogP contribution in [0, 0.1) is 40.4 Å². The molecule has 0 bridgehead atoms. The first kappa shape index (κ1) is 71.5. The second-order valence-corrected chi connectivity index (χ2v) is 17.7. The molecule has 0 saturated carbocycles. The van der Waals surface area contributed by atoms with Crippen LogP contribution in [0.1, 0.15) is 208 Å². The van der Waals surface area contributed by atoms with E-state index in [1.807, 2.05) is 6.92 Å². The number of hydrogen-bond acceptors (Lipinski definition) is 0. The molecule has 0 aromatic heterocycles. The van der Waals surface area contributed by atoms with Gasteiger partial charge in [0.15, 0.2) is 5.92 Å². The monoisotopic (exact) mass is 887 g/mol. The van der Waals surface area contributed by atoms with Gasteiger partial charge in [0, 0.05) is 12.8 Å². The molecule has 0 spiro atoms. The van der Waals surface area contributed by atoms with Gasteiger partial charge in [-0.25, -0.2) is 0 Å². The van der Waals surface area contributed by atoms with E-state index < -0.39 is 68.4 Å². The van der Waals surface area contributed by atoms with Crippen molar-refractivity contribution in [3.8, 4) is 0 Å². The molecule has 0 aromatic carbocycles.